The number of rotatable bonds is 8. The summed E-state index contributed by atoms with van der Waals surface area (Å²) in [6.07, 6.45) is 3.41. The molecule has 5 rings (SSSR count). The van der Waals surface area contributed by atoms with Crippen LogP contribution in [0.2, 0.25) is 0 Å². The fraction of sp³-hybridized carbons (Fsp3) is 0.233. The number of nitrogens with zero attached hydrogens (tertiary/aromatic N) is 3. The summed E-state index contributed by atoms with van der Waals surface area (Å²) in [5.41, 5.74) is 3.02. The van der Waals surface area contributed by atoms with Gasteiger partial charge in [-0.3, -0.25) is 19.5 Å². The summed E-state index contributed by atoms with van der Waals surface area (Å²) in [6, 6.07) is 23.3. The molecular formula is C30H29FN4O3. The van der Waals surface area contributed by atoms with Crippen molar-refractivity contribution in [1.29, 1.82) is 0 Å². The van der Waals surface area contributed by atoms with Crippen LogP contribution in [0, 0.1) is 12.7 Å². The molecule has 0 saturated carbocycles. The van der Waals surface area contributed by atoms with Gasteiger partial charge in [-0.15, -0.1) is 0 Å². The third kappa shape index (κ3) is 5.81. The molecule has 3 aromatic carbocycles. The molecule has 194 valence electrons. The zero-order chi connectivity index (χ0) is 26.5. The molecule has 0 bridgehead atoms. The van der Waals surface area contributed by atoms with E-state index < -0.39 is 5.91 Å². The number of anilines is 1. The van der Waals surface area contributed by atoms with E-state index in [-0.39, 0.29) is 30.3 Å². The Morgan fingerprint density at radius 1 is 1.08 bits per heavy atom. The van der Waals surface area contributed by atoms with E-state index in [0.29, 0.717) is 35.7 Å². The zero-order valence-electron chi connectivity index (χ0n) is 21.1. The second kappa shape index (κ2) is 11.4. The molecule has 1 fully saturated rings. The lowest BCUT2D eigenvalue weighted by Gasteiger charge is -2.25. The number of hydrogen-bond acceptors (Lipinski definition) is 4. The predicted molar refractivity (Wildman–Crippen MR) is 144 cm³/mol. The lowest BCUT2D eigenvalue weighted by Crippen LogP contribution is -2.42. The molecule has 1 aromatic heterocycles. The van der Waals surface area contributed by atoms with E-state index in [0.717, 1.165) is 18.4 Å². The van der Waals surface area contributed by atoms with Crippen molar-refractivity contribution in [3.05, 3.63) is 102 Å². The van der Waals surface area contributed by atoms with Crippen LogP contribution in [0.3, 0.4) is 0 Å². The van der Waals surface area contributed by atoms with E-state index in [1.165, 1.54) is 11.0 Å². The summed E-state index contributed by atoms with van der Waals surface area (Å²) in [5.74, 6) is -0.774. The van der Waals surface area contributed by atoms with E-state index >= 15 is 0 Å². The quantitative estimate of drug-likeness (QED) is 0.350. The molecule has 4 aromatic rings. The predicted octanol–water partition coefficient (Wildman–Crippen LogP) is 5.25. The Kier molecular flexibility index (Phi) is 7.60. The lowest BCUT2D eigenvalue weighted by atomic mass is 10.1. The van der Waals surface area contributed by atoms with Crippen molar-refractivity contribution in [3.8, 4) is 16.9 Å². The van der Waals surface area contributed by atoms with E-state index in [1.54, 1.807) is 54.1 Å². The smallest absolute Gasteiger partial charge is 0.254 e. The Morgan fingerprint density at radius 3 is 2.50 bits per heavy atom. The number of halogens is 1. The van der Waals surface area contributed by atoms with Gasteiger partial charge in [-0.1, -0.05) is 54.6 Å². The van der Waals surface area contributed by atoms with Gasteiger partial charge in [-0.05, 0) is 49.6 Å². The van der Waals surface area contributed by atoms with Crippen LogP contribution in [0.4, 0.5) is 10.3 Å². The van der Waals surface area contributed by atoms with E-state index in [4.69, 9.17) is 4.74 Å². The Balaban J connectivity index is 1.42. The van der Waals surface area contributed by atoms with Gasteiger partial charge in [0.15, 0.2) is 0 Å². The van der Waals surface area contributed by atoms with Crippen LogP contribution in [0.25, 0.3) is 16.9 Å². The number of hydrogen-bond donors (Lipinski definition) is 1. The van der Waals surface area contributed by atoms with Gasteiger partial charge in [0.05, 0.1) is 17.5 Å². The van der Waals surface area contributed by atoms with Crippen molar-refractivity contribution in [3.63, 3.8) is 0 Å². The highest BCUT2D eigenvalue weighted by Gasteiger charge is 2.26. The monoisotopic (exact) mass is 512 g/mol. The molecule has 1 atom stereocenters. The number of amides is 2. The molecule has 7 nitrogen and oxygen atoms in total. The normalized spacial score (nSPS) is 14.8. The van der Waals surface area contributed by atoms with Crippen LogP contribution in [0.1, 0.15) is 28.8 Å². The molecule has 0 aliphatic carbocycles. The van der Waals surface area contributed by atoms with Gasteiger partial charge >= 0.3 is 0 Å². The maximum Gasteiger partial charge on any atom is 0.254 e. The SMILES string of the molecule is Cc1ccc(-n2cc(-c3ccccc3)nc2NC(=O)CN(CC2CCCO2)C(=O)c2ccccc2)cc1F. The van der Waals surface area contributed by atoms with E-state index in [2.05, 4.69) is 10.3 Å². The van der Waals surface area contributed by atoms with Crippen LogP contribution in [0.15, 0.2) is 85.1 Å². The Bertz CT molecular complexity index is 1420. The first-order valence-corrected chi connectivity index (χ1v) is 12.6. The van der Waals surface area contributed by atoms with Gasteiger partial charge in [-0.25, -0.2) is 9.37 Å². The third-order valence-corrected chi connectivity index (χ3v) is 6.55. The minimum atomic E-state index is -0.411. The van der Waals surface area contributed by atoms with Gasteiger partial charge in [0.2, 0.25) is 11.9 Å². The number of aryl methyl sites for hydroxylation is 1. The highest BCUT2D eigenvalue weighted by Crippen LogP contribution is 2.25. The first kappa shape index (κ1) is 25.4. The average Bonchev–Trinajstić information content (AvgIpc) is 3.61. The summed E-state index contributed by atoms with van der Waals surface area (Å²) in [6.45, 7) is 2.48. The zero-order valence-corrected chi connectivity index (χ0v) is 21.1. The van der Waals surface area contributed by atoms with Crippen molar-refractivity contribution in [2.24, 2.45) is 0 Å². The topological polar surface area (TPSA) is 76.5 Å². The highest BCUT2D eigenvalue weighted by molar-refractivity contribution is 5.99. The molecule has 2 amide bonds. The van der Waals surface area contributed by atoms with Crippen LogP contribution < -0.4 is 5.32 Å². The van der Waals surface area contributed by atoms with Gasteiger partial charge in [0, 0.05) is 30.5 Å². The Morgan fingerprint density at radius 2 is 1.82 bits per heavy atom. The molecule has 1 N–H and O–H groups in total. The number of carbonyl (C=O) groups excluding carboxylic acids is 2. The summed E-state index contributed by atoms with van der Waals surface area (Å²) in [7, 11) is 0. The molecule has 2 heterocycles. The minimum absolute atomic E-state index is 0.113. The van der Waals surface area contributed by atoms with Crippen molar-refractivity contribution in [2.75, 3.05) is 25.0 Å². The van der Waals surface area contributed by atoms with Crippen LogP contribution >= 0.6 is 0 Å². The van der Waals surface area contributed by atoms with Gasteiger partial charge in [0.1, 0.15) is 12.4 Å². The molecule has 0 spiro atoms. The van der Waals surface area contributed by atoms with Crippen LogP contribution in [-0.4, -0.2) is 52.1 Å². The number of carbonyl (C=O) groups is 2. The Labute approximate surface area is 220 Å². The summed E-state index contributed by atoms with van der Waals surface area (Å²) in [4.78, 5) is 32.8. The van der Waals surface area contributed by atoms with Gasteiger partial charge < -0.3 is 9.64 Å². The molecule has 0 radical (unpaired) electrons. The largest absolute Gasteiger partial charge is 0.376 e. The molecule has 1 aliphatic rings. The molecular weight excluding hydrogens is 483 g/mol. The van der Waals surface area contributed by atoms with Crippen LogP contribution in [-0.2, 0) is 9.53 Å². The fourth-order valence-corrected chi connectivity index (χ4v) is 4.50. The number of imidazole rings is 1. The second-order valence-corrected chi connectivity index (χ2v) is 9.35. The molecule has 1 aliphatic heterocycles. The van der Waals surface area contributed by atoms with Crippen molar-refractivity contribution >= 4 is 17.8 Å². The maximum absolute atomic E-state index is 14.4. The summed E-state index contributed by atoms with van der Waals surface area (Å²) in [5, 5.41) is 2.85. The number of nitrogens with one attached hydrogen (secondary N) is 1. The summed E-state index contributed by atoms with van der Waals surface area (Å²) < 4.78 is 21.8. The second-order valence-electron chi connectivity index (χ2n) is 9.35. The molecule has 1 unspecified atom stereocenters. The van der Waals surface area contributed by atoms with Crippen molar-refractivity contribution in [1.82, 2.24) is 14.5 Å². The van der Waals surface area contributed by atoms with Gasteiger partial charge in [0.25, 0.3) is 5.91 Å². The third-order valence-electron chi connectivity index (χ3n) is 6.55. The van der Waals surface area contributed by atoms with Gasteiger partial charge in [-0.2, -0.15) is 0 Å². The minimum Gasteiger partial charge on any atom is -0.376 e. The fourth-order valence-electron chi connectivity index (χ4n) is 4.50. The Hall–Kier alpha value is -4.30. The molecule has 1 saturated heterocycles. The number of aromatic nitrogens is 2. The average molecular weight is 513 g/mol. The maximum atomic E-state index is 14.4. The molecule has 8 heteroatoms. The molecule has 38 heavy (non-hydrogen) atoms. The van der Waals surface area contributed by atoms with Crippen LogP contribution in [0.5, 0.6) is 0 Å². The van der Waals surface area contributed by atoms with E-state index in [1.807, 2.05) is 36.4 Å². The first-order valence-electron chi connectivity index (χ1n) is 12.6. The number of ether oxygens (including phenoxy) is 1. The standard InChI is InChI=1S/C30H29FN4O3/c1-21-14-15-24(17-26(21)31)35-19-27(22-9-4-2-5-10-22)32-30(35)33-28(36)20-34(18-25-13-8-16-38-25)29(37)23-11-6-3-7-12-23/h2-7,9-12,14-15,17,19,25H,8,13,16,18,20H2,1H3,(H,32,33,36). The first-order chi connectivity index (χ1) is 18.5. The van der Waals surface area contributed by atoms with Crippen molar-refractivity contribution in [2.45, 2.75) is 25.9 Å². The lowest BCUT2D eigenvalue weighted by molar-refractivity contribution is -0.117. The summed E-state index contributed by atoms with van der Waals surface area (Å²) >= 11 is 0. The number of benzene rings is 3. The highest BCUT2D eigenvalue weighted by atomic mass is 19.1. The van der Waals surface area contributed by atoms with E-state index in [9.17, 15) is 14.0 Å². The van der Waals surface area contributed by atoms with Crippen molar-refractivity contribution < 1.29 is 18.7 Å².